The van der Waals surface area contributed by atoms with Gasteiger partial charge in [0.05, 0.1) is 0 Å². The molecular weight excluding hydrogens is 239 g/mol. The molecule has 1 unspecified atom stereocenters. The van der Waals surface area contributed by atoms with E-state index in [1.54, 1.807) is 0 Å². The van der Waals surface area contributed by atoms with Gasteiger partial charge in [-0.3, -0.25) is 0 Å². The van der Waals surface area contributed by atoms with Crippen LogP contribution in [0.25, 0.3) is 0 Å². The number of rotatable bonds is 3. The maximum Gasteiger partial charge on any atom is 0.194 e. The monoisotopic (exact) mass is 255 g/mol. The molecule has 0 bridgehead atoms. The van der Waals surface area contributed by atoms with E-state index >= 15 is 0 Å². The molecule has 18 heavy (non-hydrogen) atoms. The molecule has 1 atom stereocenters. The number of halogens is 3. The van der Waals surface area contributed by atoms with Crippen LogP contribution in [-0.4, -0.2) is 0 Å². The number of hydrogen-bond donors (Lipinski definition) is 1. The van der Waals surface area contributed by atoms with Gasteiger partial charge in [-0.2, -0.15) is 0 Å². The minimum Gasteiger partial charge on any atom is -0.324 e. The smallest absolute Gasteiger partial charge is 0.194 e. The van der Waals surface area contributed by atoms with Crippen molar-refractivity contribution in [2.24, 2.45) is 5.73 Å². The Morgan fingerprint density at radius 3 is 2.56 bits per heavy atom. The van der Waals surface area contributed by atoms with Crippen molar-refractivity contribution in [3.05, 3.63) is 46.8 Å². The molecule has 0 radical (unpaired) electrons. The highest BCUT2D eigenvalue weighted by atomic mass is 19.2. The molecule has 0 heterocycles. The van der Waals surface area contributed by atoms with Crippen LogP contribution in [0.15, 0.2) is 23.8 Å². The molecule has 0 saturated heterocycles. The number of hydrogen-bond acceptors (Lipinski definition) is 1. The maximum atomic E-state index is 13.6. The van der Waals surface area contributed by atoms with E-state index < -0.39 is 23.5 Å². The second-order valence-electron chi connectivity index (χ2n) is 4.68. The highest BCUT2D eigenvalue weighted by Crippen LogP contribution is 2.28. The minimum absolute atomic E-state index is 0.0420. The van der Waals surface area contributed by atoms with E-state index in [0.717, 1.165) is 31.7 Å². The van der Waals surface area contributed by atoms with Crippen LogP contribution in [0, 0.1) is 17.5 Å². The lowest BCUT2D eigenvalue weighted by Gasteiger charge is -2.18. The van der Waals surface area contributed by atoms with E-state index in [2.05, 4.69) is 6.08 Å². The summed E-state index contributed by atoms with van der Waals surface area (Å²) in [6, 6.07) is 1.52. The van der Waals surface area contributed by atoms with Crippen molar-refractivity contribution in [3.63, 3.8) is 0 Å². The first-order valence-electron chi connectivity index (χ1n) is 6.16. The Morgan fingerprint density at radius 2 is 1.89 bits per heavy atom. The van der Waals surface area contributed by atoms with Crippen LogP contribution < -0.4 is 5.73 Å². The van der Waals surface area contributed by atoms with Gasteiger partial charge in [0.15, 0.2) is 17.5 Å². The third-order valence-corrected chi connectivity index (χ3v) is 3.33. The van der Waals surface area contributed by atoms with Gasteiger partial charge in [0.1, 0.15) is 0 Å². The van der Waals surface area contributed by atoms with Crippen molar-refractivity contribution in [3.8, 4) is 0 Å². The third-order valence-electron chi connectivity index (χ3n) is 3.33. The fraction of sp³-hybridized carbons (Fsp3) is 0.429. The van der Waals surface area contributed by atoms with Crippen molar-refractivity contribution in [2.75, 3.05) is 0 Å². The van der Waals surface area contributed by atoms with Crippen LogP contribution >= 0.6 is 0 Å². The molecule has 1 nitrogen and oxygen atoms in total. The fourth-order valence-corrected chi connectivity index (χ4v) is 2.31. The summed E-state index contributed by atoms with van der Waals surface area (Å²) in [6.45, 7) is 0. The van der Waals surface area contributed by atoms with Gasteiger partial charge in [0.25, 0.3) is 0 Å². The summed E-state index contributed by atoms with van der Waals surface area (Å²) >= 11 is 0. The standard InChI is InChI=1S/C14H16F3N/c15-11-7-6-10(13(16)14(11)17)12(18)8-9-4-2-1-3-5-9/h4,6-7,12H,1-3,5,8,18H2. The first kappa shape index (κ1) is 13.1. The summed E-state index contributed by atoms with van der Waals surface area (Å²) in [5.41, 5.74) is 7.10. The van der Waals surface area contributed by atoms with Crippen molar-refractivity contribution in [1.82, 2.24) is 0 Å². The lowest BCUT2D eigenvalue weighted by Crippen LogP contribution is -2.15. The summed E-state index contributed by atoms with van der Waals surface area (Å²) in [5.74, 6) is -3.79. The van der Waals surface area contributed by atoms with Gasteiger partial charge in [0.2, 0.25) is 0 Å². The number of benzene rings is 1. The Morgan fingerprint density at radius 1 is 1.11 bits per heavy atom. The number of allylic oxidation sites excluding steroid dienone is 1. The highest BCUT2D eigenvalue weighted by Gasteiger charge is 2.19. The molecule has 0 spiro atoms. The van der Waals surface area contributed by atoms with Crippen molar-refractivity contribution >= 4 is 0 Å². The predicted octanol–water partition coefficient (Wildman–Crippen LogP) is 3.99. The summed E-state index contributed by atoms with van der Waals surface area (Å²) < 4.78 is 39.5. The van der Waals surface area contributed by atoms with E-state index in [1.807, 2.05) is 0 Å². The summed E-state index contributed by atoms with van der Waals surface area (Å²) in [6.07, 6.45) is 6.86. The Hall–Kier alpha value is -1.29. The first-order chi connectivity index (χ1) is 8.59. The van der Waals surface area contributed by atoms with Crippen LogP contribution in [0.2, 0.25) is 0 Å². The summed E-state index contributed by atoms with van der Waals surface area (Å²) in [7, 11) is 0. The zero-order chi connectivity index (χ0) is 13.1. The fourth-order valence-electron chi connectivity index (χ4n) is 2.31. The van der Waals surface area contributed by atoms with Gasteiger partial charge < -0.3 is 5.73 Å². The second kappa shape index (κ2) is 5.57. The Kier molecular flexibility index (Phi) is 4.07. The molecule has 4 heteroatoms. The van der Waals surface area contributed by atoms with Gasteiger partial charge in [-0.25, -0.2) is 13.2 Å². The molecule has 0 aromatic heterocycles. The van der Waals surface area contributed by atoms with Crippen LogP contribution in [-0.2, 0) is 0 Å². The van der Waals surface area contributed by atoms with Crippen LogP contribution in [0.3, 0.4) is 0 Å². The van der Waals surface area contributed by atoms with E-state index in [-0.39, 0.29) is 5.56 Å². The lowest BCUT2D eigenvalue weighted by molar-refractivity contribution is 0.434. The maximum absolute atomic E-state index is 13.6. The van der Waals surface area contributed by atoms with Crippen LogP contribution in [0.4, 0.5) is 13.2 Å². The Labute approximate surface area is 104 Å². The van der Waals surface area contributed by atoms with E-state index in [9.17, 15) is 13.2 Å². The van der Waals surface area contributed by atoms with Gasteiger partial charge >= 0.3 is 0 Å². The van der Waals surface area contributed by atoms with Crippen molar-refractivity contribution in [2.45, 2.75) is 38.1 Å². The van der Waals surface area contributed by atoms with Crippen LogP contribution in [0.5, 0.6) is 0 Å². The average molecular weight is 255 g/mol. The van der Waals surface area contributed by atoms with Crippen molar-refractivity contribution < 1.29 is 13.2 Å². The van der Waals surface area contributed by atoms with E-state index in [1.165, 1.54) is 11.6 Å². The van der Waals surface area contributed by atoms with Gasteiger partial charge in [-0.15, -0.1) is 0 Å². The minimum atomic E-state index is -1.44. The molecular formula is C14H16F3N. The molecule has 2 N–H and O–H groups in total. The molecule has 1 aromatic carbocycles. The molecule has 1 aliphatic carbocycles. The highest BCUT2D eigenvalue weighted by molar-refractivity contribution is 5.25. The quantitative estimate of drug-likeness (QED) is 0.641. The van der Waals surface area contributed by atoms with Gasteiger partial charge in [0, 0.05) is 11.6 Å². The normalized spacial score (nSPS) is 17.4. The molecule has 0 aliphatic heterocycles. The van der Waals surface area contributed by atoms with Gasteiger partial charge in [-0.05, 0) is 38.2 Å². The molecule has 0 fully saturated rings. The third kappa shape index (κ3) is 2.75. The van der Waals surface area contributed by atoms with Crippen molar-refractivity contribution in [1.29, 1.82) is 0 Å². The molecule has 1 aromatic rings. The van der Waals surface area contributed by atoms with Gasteiger partial charge in [-0.1, -0.05) is 17.7 Å². The zero-order valence-electron chi connectivity index (χ0n) is 10.1. The molecule has 0 saturated carbocycles. The largest absolute Gasteiger partial charge is 0.324 e. The number of nitrogens with two attached hydrogens (primary N) is 1. The Balaban J connectivity index is 2.16. The predicted molar refractivity (Wildman–Crippen MR) is 64.4 cm³/mol. The molecule has 2 rings (SSSR count). The topological polar surface area (TPSA) is 26.0 Å². The van der Waals surface area contributed by atoms with E-state index in [0.29, 0.717) is 6.42 Å². The summed E-state index contributed by atoms with van der Waals surface area (Å²) in [5, 5.41) is 0. The first-order valence-corrected chi connectivity index (χ1v) is 6.16. The van der Waals surface area contributed by atoms with Crippen LogP contribution in [0.1, 0.15) is 43.7 Å². The average Bonchev–Trinajstić information content (AvgIpc) is 2.37. The lowest BCUT2D eigenvalue weighted by atomic mass is 9.92. The molecule has 0 amide bonds. The Bertz CT molecular complexity index is 468. The second-order valence-corrected chi connectivity index (χ2v) is 4.68. The molecule has 98 valence electrons. The van der Waals surface area contributed by atoms with E-state index in [4.69, 9.17) is 5.73 Å². The summed E-state index contributed by atoms with van der Waals surface area (Å²) in [4.78, 5) is 0. The SMILES string of the molecule is NC(CC1=CCCCC1)c1ccc(F)c(F)c1F. The molecule has 1 aliphatic rings. The zero-order valence-corrected chi connectivity index (χ0v) is 10.1.